The summed E-state index contributed by atoms with van der Waals surface area (Å²) in [6.45, 7) is 7.67. The zero-order chi connectivity index (χ0) is 12.1. The zero-order valence-electron chi connectivity index (χ0n) is 10.6. The molecule has 1 unspecified atom stereocenters. The Hall–Kier alpha value is -1.38. The van der Waals surface area contributed by atoms with Crippen molar-refractivity contribution in [3.05, 3.63) is 18.2 Å². The molecule has 0 radical (unpaired) electrons. The molecule has 0 spiro atoms. The molecule has 3 N–H and O–H groups in total. The first-order valence-electron chi connectivity index (χ1n) is 5.72. The Morgan fingerprint density at radius 3 is 2.56 bits per heavy atom. The lowest BCUT2D eigenvalue weighted by Gasteiger charge is -2.17. The molecule has 3 heteroatoms. The van der Waals surface area contributed by atoms with Crippen LogP contribution in [0.1, 0.15) is 20.8 Å². The Bertz CT molecular complexity index is 337. The molecule has 0 saturated heterocycles. The lowest BCUT2D eigenvalue weighted by Crippen LogP contribution is -2.16. The summed E-state index contributed by atoms with van der Waals surface area (Å²) in [5.74, 6) is 2.05. The van der Waals surface area contributed by atoms with Crippen molar-refractivity contribution in [3.63, 3.8) is 0 Å². The van der Waals surface area contributed by atoms with Crippen molar-refractivity contribution in [1.82, 2.24) is 0 Å². The third-order valence-corrected chi connectivity index (χ3v) is 3.00. The summed E-state index contributed by atoms with van der Waals surface area (Å²) in [6.07, 6.45) is 0. The van der Waals surface area contributed by atoms with Crippen LogP contribution >= 0.6 is 0 Å². The van der Waals surface area contributed by atoms with E-state index in [1.807, 2.05) is 18.2 Å². The number of nitrogens with one attached hydrogen (secondary N) is 1. The van der Waals surface area contributed by atoms with Crippen LogP contribution in [0.5, 0.6) is 5.75 Å². The van der Waals surface area contributed by atoms with Gasteiger partial charge >= 0.3 is 0 Å². The van der Waals surface area contributed by atoms with Gasteiger partial charge in [0, 0.05) is 18.3 Å². The first kappa shape index (κ1) is 12.7. The van der Waals surface area contributed by atoms with Crippen molar-refractivity contribution < 1.29 is 4.74 Å². The second-order valence-electron chi connectivity index (χ2n) is 4.56. The number of anilines is 2. The summed E-state index contributed by atoms with van der Waals surface area (Å²) in [5, 5.41) is 3.39. The first-order valence-corrected chi connectivity index (χ1v) is 5.72. The normalized spacial score (nSPS) is 12.6. The van der Waals surface area contributed by atoms with E-state index in [2.05, 4.69) is 26.1 Å². The van der Waals surface area contributed by atoms with Gasteiger partial charge in [0.2, 0.25) is 0 Å². The predicted molar refractivity (Wildman–Crippen MR) is 69.9 cm³/mol. The van der Waals surface area contributed by atoms with Gasteiger partial charge in [0.15, 0.2) is 0 Å². The Balaban J connectivity index is 2.61. The molecule has 0 heterocycles. The Morgan fingerprint density at radius 2 is 2.00 bits per heavy atom. The van der Waals surface area contributed by atoms with Gasteiger partial charge in [-0.2, -0.15) is 0 Å². The second kappa shape index (κ2) is 5.64. The standard InChI is InChI=1S/C13H22N2O/c1-9(2)10(3)8-15-11-5-6-12(14)13(7-11)16-4/h5-7,9-10,15H,8,14H2,1-4H3. The first-order chi connectivity index (χ1) is 7.54. The van der Waals surface area contributed by atoms with Gasteiger partial charge in [-0.3, -0.25) is 0 Å². The van der Waals surface area contributed by atoms with Gasteiger partial charge in [-0.15, -0.1) is 0 Å². The molecule has 1 aromatic rings. The highest BCUT2D eigenvalue weighted by Crippen LogP contribution is 2.25. The fourth-order valence-corrected chi connectivity index (χ4v) is 1.34. The van der Waals surface area contributed by atoms with Gasteiger partial charge in [0.1, 0.15) is 5.75 Å². The number of rotatable bonds is 5. The molecule has 0 aromatic heterocycles. The number of hydrogen-bond acceptors (Lipinski definition) is 3. The topological polar surface area (TPSA) is 47.3 Å². The van der Waals surface area contributed by atoms with Crippen LogP contribution in [0.2, 0.25) is 0 Å². The minimum Gasteiger partial charge on any atom is -0.495 e. The maximum atomic E-state index is 5.75. The van der Waals surface area contributed by atoms with E-state index in [1.165, 1.54) is 0 Å². The molecule has 1 rings (SSSR count). The molecule has 3 nitrogen and oxygen atoms in total. The summed E-state index contributed by atoms with van der Waals surface area (Å²) in [7, 11) is 1.63. The fraction of sp³-hybridized carbons (Fsp3) is 0.538. The lowest BCUT2D eigenvalue weighted by atomic mass is 9.98. The molecule has 16 heavy (non-hydrogen) atoms. The molecule has 1 atom stereocenters. The Kier molecular flexibility index (Phi) is 4.47. The number of nitrogens with two attached hydrogens (primary N) is 1. The highest BCUT2D eigenvalue weighted by molar-refractivity contribution is 5.61. The molecule has 0 aliphatic rings. The fourth-order valence-electron chi connectivity index (χ4n) is 1.34. The van der Waals surface area contributed by atoms with Gasteiger partial charge in [-0.25, -0.2) is 0 Å². The molecule has 0 bridgehead atoms. The molecule has 0 aliphatic carbocycles. The van der Waals surface area contributed by atoms with Crippen molar-refractivity contribution in [2.45, 2.75) is 20.8 Å². The van der Waals surface area contributed by atoms with Gasteiger partial charge in [0.25, 0.3) is 0 Å². The van der Waals surface area contributed by atoms with Gasteiger partial charge in [-0.05, 0) is 24.0 Å². The van der Waals surface area contributed by atoms with Crippen LogP contribution in [-0.4, -0.2) is 13.7 Å². The SMILES string of the molecule is COc1cc(NCC(C)C(C)C)ccc1N. The van der Waals surface area contributed by atoms with E-state index in [4.69, 9.17) is 10.5 Å². The van der Waals surface area contributed by atoms with Crippen LogP contribution in [-0.2, 0) is 0 Å². The van der Waals surface area contributed by atoms with Gasteiger partial charge in [-0.1, -0.05) is 20.8 Å². The van der Waals surface area contributed by atoms with Crippen molar-refractivity contribution in [2.75, 3.05) is 24.7 Å². The average Bonchev–Trinajstić information content (AvgIpc) is 2.27. The van der Waals surface area contributed by atoms with E-state index >= 15 is 0 Å². The molecule has 0 aliphatic heterocycles. The maximum Gasteiger partial charge on any atom is 0.143 e. The summed E-state index contributed by atoms with van der Waals surface area (Å²) in [6, 6.07) is 5.77. The van der Waals surface area contributed by atoms with E-state index in [0.29, 0.717) is 17.5 Å². The van der Waals surface area contributed by atoms with Crippen molar-refractivity contribution >= 4 is 11.4 Å². The van der Waals surface area contributed by atoms with E-state index in [-0.39, 0.29) is 0 Å². The van der Waals surface area contributed by atoms with Crippen molar-refractivity contribution in [2.24, 2.45) is 11.8 Å². The summed E-state index contributed by atoms with van der Waals surface area (Å²) < 4.78 is 5.17. The quantitative estimate of drug-likeness (QED) is 0.753. The van der Waals surface area contributed by atoms with Crippen LogP contribution in [0.15, 0.2) is 18.2 Å². The molecular formula is C13H22N2O. The molecule has 0 saturated carbocycles. The summed E-state index contributed by atoms with van der Waals surface area (Å²) in [4.78, 5) is 0. The maximum absolute atomic E-state index is 5.75. The molecule has 0 amide bonds. The number of ether oxygens (including phenoxy) is 1. The van der Waals surface area contributed by atoms with Gasteiger partial charge in [0.05, 0.1) is 12.8 Å². The second-order valence-corrected chi connectivity index (χ2v) is 4.56. The highest BCUT2D eigenvalue weighted by atomic mass is 16.5. The van der Waals surface area contributed by atoms with E-state index < -0.39 is 0 Å². The number of methoxy groups -OCH3 is 1. The zero-order valence-corrected chi connectivity index (χ0v) is 10.6. The smallest absolute Gasteiger partial charge is 0.143 e. The Labute approximate surface area is 98.0 Å². The predicted octanol–water partition coefficient (Wildman–Crippen LogP) is 2.98. The van der Waals surface area contributed by atoms with E-state index in [1.54, 1.807) is 7.11 Å². The van der Waals surface area contributed by atoms with Crippen molar-refractivity contribution in [3.8, 4) is 5.75 Å². The third kappa shape index (κ3) is 3.33. The van der Waals surface area contributed by atoms with E-state index in [9.17, 15) is 0 Å². The van der Waals surface area contributed by atoms with Crippen LogP contribution in [0, 0.1) is 11.8 Å². The summed E-state index contributed by atoms with van der Waals surface area (Å²) in [5.41, 5.74) is 7.48. The number of benzene rings is 1. The lowest BCUT2D eigenvalue weighted by molar-refractivity contribution is 0.417. The average molecular weight is 222 g/mol. The minimum atomic E-state index is 0.642. The van der Waals surface area contributed by atoms with E-state index in [0.717, 1.165) is 18.0 Å². The van der Waals surface area contributed by atoms with Crippen LogP contribution in [0.4, 0.5) is 11.4 Å². The summed E-state index contributed by atoms with van der Waals surface area (Å²) >= 11 is 0. The third-order valence-electron chi connectivity index (χ3n) is 3.00. The van der Waals surface area contributed by atoms with Crippen LogP contribution in [0.25, 0.3) is 0 Å². The van der Waals surface area contributed by atoms with Crippen LogP contribution < -0.4 is 15.8 Å². The largest absolute Gasteiger partial charge is 0.495 e. The van der Waals surface area contributed by atoms with Gasteiger partial charge < -0.3 is 15.8 Å². The minimum absolute atomic E-state index is 0.642. The number of nitrogen functional groups attached to an aromatic ring is 1. The molecule has 0 fully saturated rings. The van der Waals surface area contributed by atoms with Crippen molar-refractivity contribution in [1.29, 1.82) is 0 Å². The van der Waals surface area contributed by atoms with Crippen LogP contribution in [0.3, 0.4) is 0 Å². The highest BCUT2D eigenvalue weighted by Gasteiger charge is 2.07. The monoisotopic (exact) mass is 222 g/mol. The molecule has 90 valence electrons. The Morgan fingerprint density at radius 1 is 1.31 bits per heavy atom. The number of hydrogen-bond donors (Lipinski definition) is 2. The molecular weight excluding hydrogens is 200 g/mol. The molecule has 1 aromatic carbocycles.